The molecule has 0 unspecified atom stereocenters. The standard InChI is InChI=1S/C7H9N.C5H13N3/c1-6-4-3-5-7(2)8-6;1-6-5(7-2)8(3)4/h3-5H,1-2H3;1-4H3,(H,6,7). The minimum Gasteiger partial charge on any atom is -0.359 e. The Balaban J connectivity index is 0.000000281. The van der Waals surface area contributed by atoms with Crippen LogP contribution in [0.25, 0.3) is 0 Å². The first-order chi connectivity index (χ1) is 7.51. The highest BCUT2D eigenvalue weighted by Crippen LogP contribution is 1.93. The van der Waals surface area contributed by atoms with E-state index < -0.39 is 0 Å². The number of guanidine groups is 1. The summed E-state index contributed by atoms with van der Waals surface area (Å²) in [5, 5.41) is 2.93. The molecule has 16 heavy (non-hydrogen) atoms. The van der Waals surface area contributed by atoms with Gasteiger partial charge in [-0.3, -0.25) is 9.98 Å². The monoisotopic (exact) mass is 222 g/mol. The molecule has 90 valence electrons. The predicted octanol–water partition coefficient (Wildman–Crippen LogP) is 1.45. The highest BCUT2D eigenvalue weighted by Gasteiger charge is 1.91. The van der Waals surface area contributed by atoms with Gasteiger partial charge in [0, 0.05) is 39.6 Å². The van der Waals surface area contributed by atoms with E-state index in [0.717, 1.165) is 17.3 Å². The fourth-order valence-electron chi connectivity index (χ4n) is 1.21. The van der Waals surface area contributed by atoms with Gasteiger partial charge in [0.25, 0.3) is 0 Å². The molecule has 0 aliphatic carbocycles. The van der Waals surface area contributed by atoms with Crippen molar-refractivity contribution in [1.29, 1.82) is 0 Å². The molecular weight excluding hydrogens is 200 g/mol. The number of hydrogen-bond acceptors (Lipinski definition) is 2. The summed E-state index contributed by atoms with van der Waals surface area (Å²) in [5.74, 6) is 0.894. The van der Waals surface area contributed by atoms with E-state index in [-0.39, 0.29) is 0 Å². The number of aliphatic imine (C=N–C) groups is 1. The van der Waals surface area contributed by atoms with Crippen molar-refractivity contribution in [2.45, 2.75) is 13.8 Å². The van der Waals surface area contributed by atoms with Gasteiger partial charge < -0.3 is 10.2 Å². The fourth-order valence-corrected chi connectivity index (χ4v) is 1.21. The van der Waals surface area contributed by atoms with E-state index in [9.17, 15) is 0 Å². The SMILES string of the molecule is CN=C(NC)N(C)C.Cc1cccc(C)n1. The van der Waals surface area contributed by atoms with Gasteiger partial charge in [0.05, 0.1) is 0 Å². The summed E-state index contributed by atoms with van der Waals surface area (Å²) in [5.41, 5.74) is 2.18. The molecule has 4 heteroatoms. The lowest BCUT2D eigenvalue weighted by atomic mass is 10.3. The van der Waals surface area contributed by atoms with Crippen molar-refractivity contribution >= 4 is 5.96 Å². The van der Waals surface area contributed by atoms with Crippen molar-refractivity contribution in [2.24, 2.45) is 4.99 Å². The van der Waals surface area contributed by atoms with Gasteiger partial charge in [-0.15, -0.1) is 0 Å². The molecule has 0 bridgehead atoms. The number of nitrogens with zero attached hydrogens (tertiary/aromatic N) is 3. The van der Waals surface area contributed by atoms with E-state index in [0.29, 0.717) is 0 Å². The molecule has 0 aromatic carbocycles. The van der Waals surface area contributed by atoms with Gasteiger partial charge in [-0.2, -0.15) is 0 Å². The normalized spacial score (nSPS) is 10.2. The van der Waals surface area contributed by atoms with E-state index in [1.807, 2.05) is 58.1 Å². The summed E-state index contributed by atoms with van der Waals surface area (Å²) in [4.78, 5) is 10.0. The van der Waals surface area contributed by atoms with Gasteiger partial charge in [-0.05, 0) is 26.0 Å². The number of hydrogen-bond donors (Lipinski definition) is 1. The second kappa shape index (κ2) is 7.68. The van der Waals surface area contributed by atoms with Crippen LogP contribution in [0, 0.1) is 13.8 Å². The van der Waals surface area contributed by atoms with Crippen LogP contribution >= 0.6 is 0 Å². The van der Waals surface area contributed by atoms with Gasteiger partial charge in [0.1, 0.15) is 0 Å². The summed E-state index contributed by atoms with van der Waals surface area (Å²) < 4.78 is 0. The van der Waals surface area contributed by atoms with Gasteiger partial charge >= 0.3 is 0 Å². The van der Waals surface area contributed by atoms with Crippen molar-refractivity contribution in [3.8, 4) is 0 Å². The minimum atomic E-state index is 0.894. The van der Waals surface area contributed by atoms with Crippen LogP contribution in [0.15, 0.2) is 23.2 Å². The first-order valence-corrected chi connectivity index (χ1v) is 5.23. The first kappa shape index (κ1) is 14.4. The smallest absolute Gasteiger partial charge is 0.192 e. The number of nitrogens with one attached hydrogen (secondary N) is 1. The zero-order chi connectivity index (χ0) is 12.6. The molecule has 1 aromatic heterocycles. The molecule has 0 amide bonds. The highest BCUT2D eigenvalue weighted by atomic mass is 15.2. The van der Waals surface area contributed by atoms with Gasteiger partial charge in [-0.25, -0.2) is 0 Å². The summed E-state index contributed by atoms with van der Waals surface area (Å²) in [6, 6.07) is 6.00. The summed E-state index contributed by atoms with van der Waals surface area (Å²) >= 11 is 0. The van der Waals surface area contributed by atoms with E-state index in [2.05, 4.69) is 15.3 Å². The Morgan fingerprint density at radius 2 is 1.75 bits per heavy atom. The number of aryl methyl sites for hydroxylation is 2. The lowest BCUT2D eigenvalue weighted by Crippen LogP contribution is -2.33. The Labute approximate surface area is 98.4 Å². The molecule has 1 heterocycles. The number of rotatable bonds is 0. The van der Waals surface area contributed by atoms with E-state index in [4.69, 9.17) is 0 Å². The topological polar surface area (TPSA) is 40.5 Å². The minimum absolute atomic E-state index is 0.894. The van der Waals surface area contributed by atoms with Crippen molar-refractivity contribution in [1.82, 2.24) is 15.2 Å². The van der Waals surface area contributed by atoms with Crippen LogP contribution in [0.1, 0.15) is 11.4 Å². The molecule has 1 N–H and O–H groups in total. The van der Waals surface area contributed by atoms with Crippen molar-refractivity contribution in [3.63, 3.8) is 0 Å². The Bertz CT molecular complexity index is 314. The Morgan fingerprint density at radius 1 is 1.25 bits per heavy atom. The Hall–Kier alpha value is -1.58. The van der Waals surface area contributed by atoms with Crippen LogP contribution in [0.3, 0.4) is 0 Å². The maximum absolute atomic E-state index is 4.17. The van der Waals surface area contributed by atoms with Crippen LogP contribution < -0.4 is 5.32 Å². The summed E-state index contributed by atoms with van der Waals surface area (Å²) in [6.07, 6.45) is 0. The third kappa shape index (κ3) is 6.01. The van der Waals surface area contributed by atoms with Crippen LogP contribution in [0.5, 0.6) is 0 Å². The molecule has 0 aliphatic rings. The third-order valence-electron chi connectivity index (χ3n) is 1.89. The molecule has 4 nitrogen and oxygen atoms in total. The van der Waals surface area contributed by atoms with Gasteiger partial charge in [0.2, 0.25) is 0 Å². The molecule has 0 saturated carbocycles. The largest absolute Gasteiger partial charge is 0.359 e. The van der Waals surface area contributed by atoms with E-state index in [1.165, 1.54) is 0 Å². The van der Waals surface area contributed by atoms with Gasteiger partial charge in [0.15, 0.2) is 5.96 Å². The maximum Gasteiger partial charge on any atom is 0.192 e. The van der Waals surface area contributed by atoms with E-state index in [1.54, 1.807) is 7.05 Å². The van der Waals surface area contributed by atoms with Crippen LogP contribution in [-0.2, 0) is 0 Å². The second-order valence-corrected chi connectivity index (χ2v) is 3.61. The fraction of sp³-hybridized carbons (Fsp3) is 0.500. The molecule has 0 atom stereocenters. The lowest BCUT2D eigenvalue weighted by molar-refractivity contribution is 0.596. The number of aromatic nitrogens is 1. The molecule has 1 aromatic rings. The average molecular weight is 222 g/mol. The Kier molecular flexibility index (Phi) is 6.92. The molecule has 0 fully saturated rings. The zero-order valence-electron chi connectivity index (χ0n) is 11.1. The quantitative estimate of drug-likeness (QED) is 0.533. The molecule has 0 spiro atoms. The zero-order valence-corrected chi connectivity index (χ0v) is 11.1. The average Bonchev–Trinajstić information content (AvgIpc) is 2.19. The van der Waals surface area contributed by atoms with Crippen molar-refractivity contribution in [2.75, 3.05) is 28.2 Å². The molecular formula is C12H22N4. The van der Waals surface area contributed by atoms with E-state index >= 15 is 0 Å². The molecule has 0 saturated heterocycles. The second-order valence-electron chi connectivity index (χ2n) is 3.61. The van der Waals surface area contributed by atoms with Gasteiger partial charge in [-0.1, -0.05) is 6.07 Å². The van der Waals surface area contributed by atoms with Crippen LogP contribution in [0.4, 0.5) is 0 Å². The van der Waals surface area contributed by atoms with Crippen molar-refractivity contribution in [3.05, 3.63) is 29.6 Å². The molecule has 0 aliphatic heterocycles. The molecule has 0 radical (unpaired) electrons. The lowest BCUT2D eigenvalue weighted by Gasteiger charge is -2.12. The predicted molar refractivity (Wildman–Crippen MR) is 69.8 cm³/mol. The maximum atomic E-state index is 4.17. The summed E-state index contributed by atoms with van der Waals surface area (Å²) in [7, 11) is 7.49. The first-order valence-electron chi connectivity index (χ1n) is 5.23. The van der Waals surface area contributed by atoms with Crippen molar-refractivity contribution < 1.29 is 0 Å². The Morgan fingerprint density at radius 3 is 1.88 bits per heavy atom. The summed E-state index contributed by atoms with van der Waals surface area (Å²) in [6.45, 7) is 3.99. The number of pyridine rings is 1. The highest BCUT2D eigenvalue weighted by molar-refractivity contribution is 5.78. The molecule has 1 rings (SSSR count). The van der Waals surface area contributed by atoms with Crippen LogP contribution in [-0.4, -0.2) is 44.0 Å². The van der Waals surface area contributed by atoms with Crippen LogP contribution in [0.2, 0.25) is 0 Å². The third-order valence-corrected chi connectivity index (χ3v) is 1.89.